The van der Waals surface area contributed by atoms with Gasteiger partial charge < -0.3 is 15.2 Å². The average molecular weight is 426 g/mol. The number of pyridine rings is 1. The predicted molar refractivity (Wildman–Crippen MR) is 122 cm³/mol. The molecule has 2 heterocycles. The van der Waals surface area contributed by atoms with Crippen LogP contribution < -0.4 is 10.6 Å². The van der Waals surface area contributed by atoms with Gasteiger partial charge >= 0.3 is 0 Å². The summed E-state index contributed by atoms with van der Waals surface area (Å²) >= 11 is 0. The third-order valence-electron chi connectivity index (χ3n) is 4.77. The maximum Gasteiger partial charge on any atom is 0.256 e. The first-order valence-electron chi connectivity index (χ1n) is 10.2. The standard InChI is InChI=1S/C24H22N6O2/c1-16(2)30-15-25-29-22(30)20-12-7-13-21(27-20)28-24(32)18-9-6-8-17(14-18)23(31)26-19-10-4-3-5-11-19/h3-16H,1-2H3,(H,26,31)(H,27,28,32). The maximum absolute atomic E-state index is 12.8. The van der Waals surface area contributed by atoms with E-state index in [2.05, 4.69) is 25.8 Å². The molecule has 0 atom stereocenters. The smallest absolute Gasteiger partial charge is 0.256 e. The van der Waals surface area contributed by atoms with Crippen LogP contribution in [0.25, 0.3) is 11.5 Å². The topological polar surface area (TPSA) is 102 Å². The lowest BCUT2D eigenvalue weighted by Crippen LogP contribution is -2.16. The van der Waals surface area contributed by atoms with Crippen molar-refractivity contribution in [2.75, 3.05) is 10.6 Å². The van der Waals surface area contributed by atoms with E-state index in [9.17, 15) is 9.59 Å². The third-order valence-corrected chi connectivity index (χ3v) is 4.77. The minimum atomic E-state index is -0.366. The summed E-state index contributed by atoms with van der Waals surface area (Å²) in [5, 5.41) is 13.7. The molecule has 2 amide bonds. The lowest BCUT2D eigenvalue weighted by atomic mass is 10.1. The molecule has 0 saturated carbocycles. The van der Waals surface area contributed by atoms with Crippen LogP contribution in [-0.2, 0) is 0 Å². The zero-order valence-electron chi connectivity index (χ0n) is 17.7. The van der Waals surface area contributed by atoms with E-state index in [1.165, 1.54) is 0 Å². The summed E-state index contributed by atoms with van der Waals surface area (Å²) in [5.74, 6) is 0.342. The number of para-hydroxylation sites is 1. The summed E-state index contributed by atoms with van der Waals surface area (Å²) in [7, 11) is 0. The van der Waals surface area contributed by atoms with Gasteiger partial charge in [0.1, 0.15) is 17.8 Å². The van der Waals surface area contributed by atoms with E-state index in [1.807, 2.05) is 42.7 Å². The number of hydrogen-bond acceptors (Lipinski definition) is 5. The molecule has 160 valence electrons. The van der Waals surface area contributed by atoms with E-state index in [-0.39, 0.29) is 17.9 Å². The summed E-state index contributed by atoms with van der Waals surface area (Å²) in [6.07, 6.45) is 1.65. The van der Waals surface area contributed by atoms with Crippen molar-refractivity contribution in [2.45, 2.75) is 19.9 Å². The molecule has 0 aliphatic carbocycles. The van der Waals surface area contributed by atoms with Crippen LogP contribution in [0.2, 0.25) is 0 Å². The van der Waals surface area contributed by atoms with Crippen LogP contribution >= 0.6 is 0 Å². The summed E-state index contributed by atoms with van der Waals surface area (Å²) in [6, 6.07) is 21.1. The average Bonchev–Trinajstić information content (AvgIpc) is 3.30. The second-order valence-corrected chi connectivity index (χ2v) is 7.42. The van der Waals surface area contributed by atoms with Crippen molar-refractivity contribution in [3.63, 3.8) is 0 Å². The van der Waals surface area contributed by atoms with Crippen LogP contribution in [-0.4, -0.2) is 31.6 Å². The van der Waals surface area contributed by atoms with Crippen molar-refractivity contribution in [1.82, 2.24) is 19.7 Å². The molecule has 0 spiro atoms. The summed E-state index contributed by atoms with van der Waals surface area (Å²) < 4.78 is 1.91. The highest BCUT2D eigenvalue weighted by molar-refractivity contribution is 6.08. The van der Waals surface area contributed by atoms with Crippen LogP contribution in [0.4, 0.5) is 11.5 Å². The molecule has 4 rings (SSSR count). The second kappa shape index (κ2) is 9.22. The molecule has 8 nitrogen and oxygen atoms in total. The highest BCUT2D eigenvalue weighted by Gasteiger charge is 2.14. The number of hydrogen-bond donors (Lipinski definition) is 2. The van der Waals surface area contributed by atoms with E-state index >= 15 is 0 Å². The Morgan fingerprint density at radius 1 is 0.844 bits per heavy atom. The molecule has 2 aromatic heterocycles. The first kappa shape index (κ1) is 20.9. The zero-order chi connectivity index (χ0) is 22.5. The SMILES string of the molecule is CC(C)n1cnnc1-c1cccc(NC(=O)c2cccc(C(=O)Nc3ccccc3)c2)n1. The number of aromatic nitrogens is 4. The number of rotatable bonds is 6. The molecule has 4 aromatic rings. The van der Waals surface area contributed by atoms with Crippen LogP contribution in [0.1, 0.15) is 40.6 Å². The Bertz CT molecular complexity index is 1250. The molecule has 2 N–H and O–H groups in total. The Morgan fingerprint density at radius 2 is 1.53 bits per heavy atom. The van der Waals surface area contributed by atoms with Crippen molar-refractivity contribution >= 4 is 23.3 Å². The highest BCUT2D eigenvalue weighted by Crippen LogP contribution is 2.20. The number of benzene rings is 2. The van der Waals surface area contributed by atoms with E-state index < -0.39 is 0 Å². The molecular formula is C24H22N6O2. The van der Waals surface area contributed by atoms with Crippen molar-refractivity contribution in [3.05, 3.63) is 90.3 Å². The Labute approximate surface area is 185 Å². The lowest BCUT2D eigenvalue weighted by Gasteiger charge is -2.11. The first-order chi connectivity index (χ1) is 15.5. The van der Waals surface area contributed by atoms with Gasteiger partial charge in [0.05, 0.1) is 0 Å². The molecule has 8 heteroatoms. The summed E-state index contributed by atoms with van der Waals surface area (Å²) in [5.41, 5.74) is 2.02. The van der Waals surface area contributed by atoms with Crippen LogP contribution in [0.5, 0.6) is 0 Å². The van der Waals surface area contributed by atoms with Crippen molar-refractivity contribution in [1.29, 1.82) is 0 Å². The van der Waals surface area contributed by atoms with Gasteiger partial charge in [0.15, 0.2) is 5.82 Å². The molecule has 0 aliphatic rings. The monoisotopic (exact) mass is 426 g/mol. The maximum atomic E-state index is 12.8. The Morgan fingerprint density at radius 3 is 2.25 bits per heavy atom. The summed E-state index contributed by atoms with van der Waals surface area (Å²) in [4.78, 5) is 29.8. The quantitative estimate of drug-likeness (QED) is 0.475. The second-order valence-electron chi connectivity index (χ2n) is 7.42. The first-order valence-corrected chi connectivity index (χ1v) is 10.2. The van der Waals surface area contributed by atoms with Gasteiger partial charge in [-0.2, -0.15) is 0 Å². The fraction of sp³-hybridized carbons (Fsp3) is 0.125. The number of anilines is 2. The van der Waals surface area contributed by atoms with E-state index in [1.54, 1.807) is 54.9 Å². The molecule has 0 saturated heterocycles. The minimum absolute atomic E-state index is 0.171. The molecule has 0 unspecified atom stereocenters. The highest BCUT2D eigenvalue weighted by atomic mass is 16.2. The molecule has 0 fully saturated rings. The Kier molecular flexibility index (Phi) is 6.03. The number of amides is 2. The fourth-order valence-corrected chi connectivity index (χ4v) is 3.15. The Balaban J connectivity index is 1.50. The van der Waals surface area contributed by atoms with E-state index in [0.717, 1.165) is 0 Å². The molecule has 0 aliphatic heterocycles. The fourth-order valence-electron chi connectivity index (χ4n) is 3.15. The zero-order valence-corrected chi connectivity index (χ0v) is 17.7. The van der Waals surface area contributed by atoms with Gasteiger partial charge in [-0.25, -0.2) is 4.98 Å². The van der Waals surface area contributed by atoms with Gasteiger partial charge in [-0.1, -0.05) is 30.3 Å². The van der Waals surface area contributed by atoms with Crippen LogP contribution in [0, 0.1) is 0 Å². The summed E-state index contributed by atoms with van der Waals surface area (Å²) in [6.45, 7) is 4.05. The predicted octanol–water partition coefficient (Wildman–Crippen LogP) is 4.43. The van der Waals surface area contributed by atoms with Gasteiger partial charge in [-0.3, -0.25) is 9.59 Å². The van der Waals surface area contributed by atoms with Gasteiger partial charge in [0.25, 0.3) is 11.8 Å². The van der Waals surface area contributed by atoms with Crippen molar-refractivity contribution in [3.8, 4) is 11.5 Å². The molecule has 0 bridgehead atoms. The largest absolute Gasteiger partial charge is 0.322 e. The van der Waals surface area contributed by atoms with Gasteiger partial charge in [0.2, 0.25) is 0 Å². The number of nitrogens with zero attached hydrogens (tertiary/aromatic N) is 4. The van der Waals surface area contributed by atoms with Crippen molar-refractivity contribution < 1.29 is 9.59 Å². The van der Waals surface area contributed by atoms with Gasteiger partial charge in [0, 0.05) is 22.9 Å². The van der Waals surface area contributed by atoms with E-state index in [0.29, 0.717) is 34.2 Å². The van der Waals surface area contributed by atoms with E-state index in [4.69, 9.17) is 0 Å². The molecular weight excluding hydrogens is 404 g/mol. The number of carbonyl (C=O) groups is 2. The lowest BCUT2D eigenvalue weighted by molar-refractivity contribution is 0.102. The third kappa shape index (κ3) is 4.70. The number of carbonyl (C=O) groups excluding carboxylic acids is 2. The molecule has 32 heavy (non-hydrogen) atoms. The number of nitrogens with one attached hydrogen (secondary N) is 2. The Hall–Kier alpha value is -4.33. The van der Waals surface area contributed by atoms with Crippen LogP contribution in [0.15, 0.2) is 79.1 Å². The minimum Gasteiger partial charge on any atom is -0.322 e. The van der Waals surface area contributed by atoms with Crippen molar-refractivity contribution in [2.24, 2.45) is 0 Å². The van der Waals surface area contributed by atoms with Gasteiger partial charge in [-0.15, -0.1) is 10.2 Å². The van der Waals surface area contributed by atoms with Gasteiger partial charge in [-0.05, 0) is 56.3 Å². The molecule has 2 aromatic carbocycles. The normalized spacial score (nSPS) is 10.7. The van der Waals surface area contributed by atoms with Crippen LogP contribution in [0.3, 0.4) is 0 Å². The molecule has 0 radical (unpaired) electrons.